The molecular weight excluding hydrogens is 280 g/mol. The molecule has 3 aromatic rings. The fourth-order valence-electron chi connectivity index (χ4n) is 2.33. The van der Waals surface area contributed by atoms with Crippen molar-refractivity contribution in [2.45, 2.75) is 12.8 Å². The molecule has 1 heterocycles. The lowest BCUT2D eigenvalue weighted by molar-refractivity contribution is 0.311. The highest BCUT2D eigenvalue weighted by Gasteiger charge is 2.05. The molecule has 1 aromatic heterocycles. The second kappa shape index (κ2) is 6.35. The van der Waals surface area contributed by atoms with E-state index in [1.54, 1.807) is 18.2 Å². The van der Waals surface area contributed by atoms with E-state index < -0.39 is 5.63 Å². The van der Waals surface area contributed by atoms with Gasteiger partial charge in [-0.05, 0) is 30.5 Å². The van der Waals surface area contributed by atoms with Crippen molar-refractivity contribution >= 4 is 11.0 Å². The molecule has 0 aliphatic carbocycles. The molecule has 0 radical (unpaired) electrons. The van der Waals surface area contributed by atoms with Crippen LogP contribution in [0.25, 0.3) is 11.0 Å². The molecule has 4 nitrogen and oxygen atoms in total. The van der Waals surface area contributed by atoms with Gasteiger partial charge in [-0.15, -0.1) is 0 Å². The Balaban J connectivity index is 1.63. The normalized spacial score (nSPS) is 10.7. The number of rotatable bonds is 5. The summed E-state index contributed by atoms with van der Waals surface area (Å²) in [6.45, 7) is 0.573. The van der Waals surface area contributed by atoms with Crippen LogP contribution in [0.2, 0.25) is 0 Å². The Morgan fingerprint density at radius 3 is 2.68 bits per heavy atom. The van der Waals surface area contributed by atoms with Crippen LogP contribution in [-0.4, -0.2) is 11.7 Å². The van der Waals surface area contributed by atoms with Crippen LogP contribution in [0.15, 0.2) is 63.8 Å². The van der Waals surface area contributed by atoms with E-state index in [0.717, 1.165) is 18.9 Å². The first-order valence-electron chi connectivity index (χ1n) is 7.16. The summed E-state index contributed by atoms with van der Waals surface area (Å²) in [5, 5.41) is 10.2. The van der Waals surface area contributed by atoms with Gasteiger partial charge in [0.15, 0.2) is 0 Å². The first-order valence-corrected chi connectivity index (χ1v) is 7.16. The summed E-state index contributed by atoms with van der Waals surface area (Å²) in [5.41, 5.74) is 1.03. The van der Waals surface area contributed by atoms with E-state index in [9.17, 15) is 9.90 Å². The topological polar surface area (TPSA) is 59.7 Å². The third kappa shape index (κ3) is 3.28. The van der Waals surface area contributed by atoms with E-state index in [2.05, 4.69) is 12.1 Å². The Hall–Kier alpha value is -2.75. The van der Waals surface area contributed by atoms with Crippen LogP contribution in [-0.2, 0) is 6.42 Å². The zero-order valence-corrected chi connectivity index (χ0v) is 12.0. The lowest BCUT2D eigenvalue weighted by Crippen LogP contribution is -2.00. The van der Waals surface area contributed by atoms with E-state index in [1.807, 2.05) is 18.2 Å². The highest BCUT2D eigenvalue weighted by Crippen LogP contribution is 2.26. The van der Waals surface area contributed by atoms with Crippen LogP contribution in [0.5, 0.6) is 11.5 Å². The quantitative estimate of drug-likeness (QED) is 0.578. The molecule has 3 rings (SSSR count). The van der Waals surface area contributed by atoms with Crippen LogP contribution in [0.3, 0.4) is 0 Å². The Bertz CT molecular complexity index is 821. The zero-order chi connectivity index (χ0) is 15.4. The van der Waals surface area contributed by atoms with Gasteiger partial charge in [-0.3, -0.25) is 0 Å². The monoisotopic (exact) mass is 296 g/mol. The van der Waals surface area contributed by atoms with Crippen LogP contribution >= 0.6 is 0 Å². The van der Waals surface area contributed by atoms with Crippen molar-refractivity contribution in [3.05, 3.63) is 70.6 Å². The minimum atomic E-state index is -0.578. The lowest BCUT2D eigenvalue weighted by Gasteiger charge is -2.07. The maximum Gasteiger partial charge on any atom is 0.339 e. The standard InChI is InChI=1S/C18H16O4/c19-16-12-18(20)22-17-11-14(8-9-15(16)17)21-10-4-7-13-5-2-1-3-6-13/h1-3,5-6,8-9,11-12,19H,4,7,10H2. The van der Waals surface area contributed by atoms with Crippen LogP contribution in [0, 0.1) is 0 Å². The maximum atomic E-state index is 11.3. The maximum absolute atomic E-state index is 11.3. The number of hydrogen-bond acceptors (Lipinski definition) is 4. The summed E-state index contributed by atoms with van der Waals surface area (Å²) in [4.78, 5) is 11.3. The molecule has 2 aromatic carbocycles. The third-order valence-corrected chi connectivity index (χ3v) is 3.42. The van der Waals surface area contributed by atoms with Gasteiger partial charge in [0.25, 0.3) is 0 Å². The summed E-state index contributed by atoms with van der Waals surface area (Å²) in [7, 11) is 0. The average Bonchev–Trinajstić information content (AvgIpc) is 2.52. The number of ether oxygens (including phenoxy) is 1. The Kier molecular flexibility index (Phi) is 4.10. The van der Waals surface area contributed by atoms with Gasteiger partial charge in [0, 0.05) is 6.07 Å². The molecule has 0 spiro atoms. The third-order valence-electron chi connectivity index (χ3n) is 3.42. The van der Waals surface area contributed by atoms with Crippen molar-refractivity contribution in [3.63, 3.8) is 0 Å². The van der Waals surface area contributed by atoms with Gasteiger partial charge in [0.05, 0.1) is 18.1 Å². The fraction of sp³-hybridized carbons (Fsp3) is 0.167. The highest BCUT2D eigenvalue weighted by molar-refractivity contribution is 5.83. The predicted octanol–water partition coefficient (Wildman–Crippen LogP) is 3.51. The molecule has 0 saturated heterocycles. The van der Waals surface area contributed by atoms with Gasteiger partial charge in [-0.1, -0.05) is 30.3 Å². The molecular formula is C18H16O4. The first kappa shape index (κ1) is 14.2. The summed E-state index contributed by atoms with van der Waals surface area (Å²) in [6.07, 6.45) is 1.84. The average molecular weight is 296 g/mol. The van der Waals surface area contributed by atoms with E-state index >= 15 is 0 Å². The van der Waals surface area contributed by atoms with Crippen LogP contribution in [0.1, 0.15) is 12.0 Å². The van der Waals surface area contributed by atoms with Crippen molar-refractivity contribution in [1.82, 2.24) is 0 Å². The number of aryl methyl sites for hydroxylation is 1. The minimum Gasteiger partial charge on any atom is -0.507 e. The molecule has 0 aliphatic rings. The molecule has 0 bridgehead atoms. The zero-order valence-electron chi connectivity index (χ0n) is 12.0. The molecule has 0 aliphatic heterocycles. The number of benzene rings is 2. The van der Waals surface area contributed by atoms with Crippen molar-refractivity contribution in [3.8, 4) is 11.5 Å². The SMILES string of the molecule is O=c1cc(O)c2ccc(OCCCc3ccccc3)cc2o1. The summed E-state index contributed by atoms with van der Waals surface area (Å²) in [6, 6.07) is 16.3. The molecule has 1 N–H and O–H groups in total. The van der Waals surface area contributed by atoms with Crippen molar-refractivity contribution in [2.24, 2.45) is 0 Å². The van der Waals surface area contributed by atoms with E-state index in [-0.39, 0.29) is 5.75 Å². The van der Waals surface area contributed by atoms with Crippen LogP contribution < -0.4 is 10.4 Å². The molecule has 22 heavy (non-hydrogen) atoms. The smallest absolute Gasteiger partial charge is 0.339 e. The largest absolute Gasteiger partial charge is 0.507 e. The Labute approximate surface area is 127 Å². The number of hydrogen-bond donors (Lipinski definition) is 1. The van der Waals surface area contributed by atoms with Gasteiger partial charge in [0.1, 0.15) is 17.1 Å². The van der Waals surface area contributed by atoms with Gasteiger partial charge < -0.3 is 14.3 Å². The Morgan fingerprint density at radius 2 is 1.86 bits per heavy atom. The van der Waals surface area contributed by atoms with E-state index in [4.69, 9.17) is 9.15 Å². The van der Waals surface area contributed by atoms with Gasteiger partial charge in [-0.25, -0.2) is 4.79 Å². The van der Waals surface area contributed by atoms with Crippen molar-refractivity contribution < 1.29 is 14.3 Å². The fourth-order valence-corrected chi connectivity index (χ4v) is 2.33. The Morgan fingerprint density at radius 1 is 1.05 bits per heavy atom. The predicted molar refractivity (Wildman–Crippen MR) is 84.4 cm³/mol. The van der Waals surface area contributed by atoms with Crippen molar-refractivity contribution in [2.75, 3.05) is 6.61 Å². The van der Waals surface area contributed by atoms with E-state index in [1.165, 1.54) is 5.56 Å². The van der Waals surface area contributed by atoms with E-state index in [0.29, 0.717) is 23.3 Å². The number of fused-ring (bicyclic) bond motifs is 1. The summed E-state index contributed by atoms with van der Waals surface area (Å²) in [5.74, 6) is 0.538. The molecule has 112 valence electrons. The molecule has 0 fully saturated rings. The summed E-state index contributed by atoms with van der Waals surface area (Å²) < 4.78 is 10.7. The van der Waals surface area contributed by atoms with Crippen molar-refractivity contribution in [1.29, 1.82) is 0 Å². The second-order valence-corrected chi connectivity index (χ2v) is 5.05. The van der Waals surface area contributed by atoms with Gasteiger partial charge >= 0.3 is 5.63 Å². The van der Waals surface area contributed by atoms with Gasteiger partial charge in [-0.2, -0.15) is 0 Å². The molecule has 0 amide bonds. The molecule has 0 unspecified atom stereocenters. The second-order valence-electron chi connectivity index (χ2n) is 5.05. The minimum absolute atomic E-state index is 0.0816. The summed E-state index contributed by atoms with van der Waals surface area (Å²) >= 11 is 0. The molecule has 0 saturated carbocycles. The highest BCUT2D eigenvalue weighted by atomic mass is 16.5. The van der Waals surface area contributed by atoms with Gasteiger partial charge in [0.2, 0.25) is 0 Å². The first-order chi connectivity index (χ1) is 10.7. The lowest BCUT2D eigenvalue weighted by atomic mass is 10.1. The molecule has 0 atom stereocenters. The van der Waals surface area contributed by atoms with Crippen LogP contribution in [0.4, 0.5) is 0 Å². The molecule has 4 heteroatoms. The number of aromatic hydroxyl groups is 1.